The smallest absolute Gasteiger partial charge is 0.0712 e. The Hall–Kier alpha value is -1.74. The van der Waals surface area contributed by atoms with Gasteiger partial charge in [-0.2, -0.15) is 0 Å². The van der Waals surface area contributed by atoms with Crippen molar-refractivity contribution in [3.8, 4) is 0 Å². The van der Waals surface area contributed by atoms with E-state index in [1.165, 1.54) is 10.8 Å². The number of nitrogens with two attached hydrogens (primary N) is 1. The Morgan fingerprint density at radius 1 is 0.933 bits per heavy atom. The Labute approximate surface area is 90.7 Å². The molecule has 0 aliphatic rings. The second-order valence-electron chi connectivity index (χ2n) is 3.62. The maximum Gasteiger partial charge on any atom is 0.0712 e. The van der Waals surface area contributed by atoms with Crippen LogP contribution in [0.1, 0.15) is 0 Å². The number of nitrogens with zero attached hydrogens (tertiary/aromatic N) is 1. The van der Waals surface area contributed by atoms with Crippen molar-refractivity contribution in [1.82, 2.24) is 4.68 Å². The van der Waals surface area contributed by atoms with Crippen molar-refractivity contribution < 1.29 is 0 Å². The lowest BCUT2D eigenvalue weighted by Crippen LogP contribution is -2.09. The predicted molar refractivity (Wildman–Crippen MR) is 65.0 cm³/mol. The van der Waals surface area contributed by atoms with E-state index in [1.807, 2.05) is 30.3 Å². The van der Waals surface area contributed by atoms with E-state index in [1.54, 1.807) is 4.68 Å². The third kappa shape index (κ3) is 1.10. The van der Waals surface area contributed by atoms with Crippen LogP contribution in [0.2, 0.25) is 0 Å². The van der Waals surface area contributed by atoms with Crippen LogP contribution < -0.4 is 11.0 Å². The third-order valence-corrected chi connectivity index (χ3v) is 3.02. The van der Waals surface area contributed by atoms with Crippen molar-refractivity contribution in [2.45, 2.75) is 0 Å². The number of para-hydroxylation sites is 1. The van der Waals surface area contributed by atoms with Gasteiger partial charge in [0.15, 0.2) is 0 Å². The lowest BCUT2D eigenvalue weighted by Gasteiger charge is -1.98. The first-order valence-electron chi connectivity index (χ1n) is 4.77. The fourth-order valence-corrected chi connectivity index (χ4v) is 2.22. The van der Waals surface area contributed by atoms with Crippen molar-refractivity contribution in [2.75, 3.05) is 5.84 Å². The molecule has 1 heterocycles. The van der Waals surface area contributed by atoms with E-state index in [0.717, 1.165) is 16.2 Å². The van der Waals surface area contributed by atoms with Crippen molar-refractivity contribution in [1.29, 1.82) is 0 Å². The molecule has 0 saturated carbocycles. The van der Waals surface area contributed by atoms with Crippen molar-refractivity contribution in [3.05, 3.63) is 42.5 Å². The molecule has 0 aliphatic carbocycles. The predicted octanol–water partition coefficient (Wildman–Crippen LogP) is 1.30. The van der Waals surface area contributed by atoms with E-state index < -0.39 is 0 Å². The lowest BCUT2D eigenvalue weighted by molar-refractivity contribution is 1.12. The Kier molecular flexibility index (Phi) is 1.64. The molecule has 2 aromatic carbocycles. The van der Waals surface area contributed by atoms with Gasteiger partial charge in [0.2, 0.25) is 0 Å². The highest BCUT2D eigenvalue weighted by Crippen LogP contribution is 2.25. The van der Waals surface area contributed by atoms with Crippen LogP contribution in [0.5, 0.6) is 0 Å². The standard InChI is InChI=1S/C12H9N2Si/c13-14-11-4-2-1-3-9(11)10-6-5-8(15)7-12(10)14/h1-7H,13H2. The maximum absolute atomic E-state index is 6.04. The molecule has 0 unspecified atom stereocenters. The highest BCUT2D eigenvalue weighted by Gasteiger charge is 2.06. The van der Waals surface area contributed by atoms with Crippen LogP contribution in [-0.2, 0) is 0 Å². The molecular weight excluding hydrogens is 200 g/mol. The highest BCUT2D eigenvalue weighted by molar-refractivity contribution is 6.33. The Morgan fingerprint density at radius 2 is 1.67 bits per heavy atom. The first-order valence-corrected chi connectivity index (χ1v) is 5.27. The number of nitrogen functional groups attached to an aromatic ring is 1. The van der Waals surface area contributed by atoms with Gasteiger partial charge in [0.25, 0.3) is 0 Å². The van der Waals surface area contributed by atoms with Gasteiger partial charge < -0.3 is 5.84 Å². The zero-order chi connectivity index (χ0) is 10.4. The van der Waals surface area contributed by atoms with Gasteiger partial charge in [0.05, 0.1) is 21.3 Å². The third-order valence-electron chi connectivity index (χ3n) is 2.71. The maximum atomic E-state index is 6.04. The average Bonchev–Trinajstić information content (AvgIpc) is 2.54. The van der Waals surface area contributed by atoms with E-state index in [-0.39, 0.29) is 0 Å². The molecule has 3 heteroatoms. The normalized spacial score (nSPS) is 11.3. The minimum atomic E-state index is 1.04. The van der Waals surface area contributed by atoms with Gasteiger partial charge in [-0.1, -0.05) is 35.5 Å². The fraction of sp³-hybridized carbons (Fsp3) is 0. The number of benzene rings is 2. The molecule has 3 aromatic rings. The Morgan fingerprint density at radius 3 is 2.53 bits per heavy atom. The minimum Gasteiger partial charge on any atom is -0.339 e. The molecule has 0 amide bonds. The van der Waals surface area contributed by atoms with Crippen LogP contribution >= 0.6 is 0 Å². The minimum absolute atomic E-state index is 1.04. The van der Waals surface area contributed by atoms with Gasteiger partial charge in [0, 0.05) is 10.8 Å². The summed E-state index contributed by atoms with van der Waals surface area (Å²) in [6, 6.07) is 14.3. The van der Waals surface area contributed by atoms with Gasteiger partial charge in [-0.05, 0) is 12.1 Å². The summed E-state index contributed by atoms with van der Waals surface area (Å²) in [5, 5.41) is 3.42. The molecule has 1 aromatic heterocycles. The lowest BCUT2D eigenvalue weighted by atomic mass is 10.1. The summed E-state index contributed by atoms with van der Waals surface area (Å²) in [6.07, 6.45) is 0. The summed E-state index contributed by atoms with van der Waals surface area (Å²) in [5.41, 5.74) is 2.11. The zero-order valence-electron chi connectivity index (χ0n) is 8.07. The van der Waals surface area contributed by atoms with E-state index in [4.69, 9.17) is 5.84 Å². The number of aromatic nitrogens is 1. The summed E-state index contributed by atoms with van der Waals surface area (Å²) >= 11 is 0. The van der Waals surface area contributed by atoms with Gasteiger partial charge in [-0.3, -0.25) is 4.68 Å². The van der Waals surface area contributed by atoms with E-state index in [0.29, 0.717) is 0 Å². The molecular formula is C12H9N2Si. The van der Waals surface area contributed by atoms with Gasteiger partial charge in [-0.15, -0.1) is 0 Å². The second-order valence-corrected chi connectivity index (χ2v) is 4.20. The van der Waals surface area contributed by atoms with E-state index >= 15 is 0 Å². The SMILES string of the molecule is Nn1c2ccccc2c2ccc([Si])cc21. The van der Waals surface area contributed by atoms with Crippen molar-refractivity contribution in [3.63, 3.8) is 0 Å². The average molecular weight is 209 g/mol. The molecule has 0 fully saturated rings. The number of hydrogen-bond donors (Lipinski definition) is 1. The van der Waals surface area contributed by atoms with E-state index in [2.05, 4.69) is 22.4 Å². The van der Waals surface area contributed by atoms with Gasteiger partial charge >= 0.3 is 0 Å². The molecule has 0 aliphatic heterocycles. The fourth-order valence-electron chi connectivity index (χ4n) is 2.00. The molecule has 0 bridgehead atoms. The zero-order valence-corrected chi connectivity index (χ0v) is 9.07. The van der Waals surface area contributed by atoms with Crippen molar-refractivity contribution >= 4 is 37.2 Å². The molecule has 15 heavy (non-hydrogen) atoms. The first-order chi connectivity index (χ1) is 7.27. The monoisotopic (exact) mass is 209 g/mol. The molecule has 0 atom stereocenters. The topological polar surface area (TPSA) is 30.9 Å². The molecule has 71 valence electrons. The molecule has 2 N–H and O–H groups in total. The summed E-state index contributed by atoms with van der Waals surface area (Å²) < 4.78 is 1.73. The molecule has 3 rings (SSSR count). The summed E-state index contributed by atoms with van der Waals surface area (Å²) in [5.74, 6) is 6.04. The molecule has 0 spiro atoms. The number of hydrogen-bond acceptors (Lipinski definition) is 1. The summed E-state index contributed by atoms with van der Waals surface area (Å²) in [7, 11) is 3.51. The van der Waals surface area contributed by atoms with Crippen LogP contribution in [0, 0.1) is 0 Å². The van der Waals surface area contributed by atoms with Crippen molar-refractivity contribution in [2.24, 2.45) is 0 Å². The quantitative estimate of drug-likeness (QED) is 0.439. The Bertz CT molecular complexity index is 655. The number of rotatable bonds is 0. The summed E-state index contributed by atoms with van der Waals surface area (Å²) in [4.78, 5) is 0. The van der Waals surface area contributed by atoms with Crippen LogP contribution in [-0.4, -0.2) is 14.9 Å². The van der Waals surface area contributed by atoms with Crippen LogP contribution in [0.15, 0.2) is 42.5 Å². The van der Waals surface area contributed by atoms with Gasteiger partial charge in [0.1, 0.15) is 0 Å². The highest BCUT2D eigenvalue weighted by atomic mass is 28.1. The first kappa shape index (κ1) is 8.56. The molecule has 3 radical (unpaired) electrons. The van der Waals surface area contributed by atoms with Gasteiger partial charge in [-0.25, -0.2) is 0 Å². The number of fused-ring (bicyclic) bond motifs is 3. The summed E-state index contributed by atoms with van der Waals surface area (Å²) in [6.45, 7) is 0. The van der Waals surface area contributed by atoms with Crippen LogP contribution in [0.25, 0.3) is 21.8 Å². The Balaban J connectivity index is 2.63. The van der Waals surface area contributed by atoms with E-state index in [9.17, 15) is 0 Å². The van der Waals surface area contributed by atoms with Crippen LogP contribution in [0.4, 0.5) is 0 Å². The molecule has 0 saturated heterocycles. The largest absolute Gasteiger partial charge is 0.339 e. The second kappa shape index (κ2) is 2.87. The molecule has 2 nitrogen and oxygen atoms in total. The van der Waals surface area contributed by atoms with Crippen LogP contribution in [0.3, 0.4) is 0 Å².